The molecule has 1 unspecified atom stereocenters. The Morgan fingerprint density at radius 3 is 2.55 bits per heavy atom. The summed E-state index contributed by atoms with van der Waals surface area (Å²) < 4.78 is 4.92. The van der Waals surface area contributed by atoms with Gasteiger partial charge in [0.2, 0.25) is 0 Å². The number of carboxylic acid groups (broad SMARTS) is 1. The van der Waals surface area contributed by atoms with Crippen molar-refractivity contribution in [1.82, 2.24) is 0 Å². The lowest BCUT2D eigenvalue weighted by Gasteiger charge is -2.14. The SMILES string of the molecule is COc1ccc(CC(CC(C)C)C(=O)O)cc1[N+](=O)[O-]. The van der Waals surface area contributed by atoms with Crippen molar-refractivity contribution in [3.8, 4) is 5.75 Å². The molecular weight excluding hydrogens is 262 g/mol. The van der Waals surface area contributed by atoms with E-state index in [0.717, 1.165) is 0 Å². The van der Waals surface area contributed by atoms with E-state index < -0.39 is 16.8 Å². The van der Waals surface area contributed by atoms with Crippen LogP contribution in [0.4, 0.5) is 5.69 Å². The van der Waals surface area contributed by atoms with Gasteiger partial charge >= 0.3 is 11.7 Å². The number of methoxy groups -OCH3 is 1. The second-order valence-electron chi connectivity index (χ2n) is 5.13. The van der Waals surface area contributed by atoms with Gasteiger partial charge in [0, 0.05) is 6.07 Å². The summed E-state index contributed by atoms with van der Waals surface area (Å²) in [5, 5.41) is 20.1. The fraction of sp³-hybridized carbons (Fsp3) is 0.500. The molecule has 20 heavy (non-hydrogen) atoms. The van der Waals surface area contributed by atoms with Crippen LogP contribution in [0.1, 0.15) is 25.8 Å². The molecule has 1 aromatic rings. The minimum atomic E-state index is -0.878. The minimum Gasteiger partial charge on any atom is -0.490 e. The zero-order chi connectivity index (χ0) is 15.3. The van der Waals surface area contributed by atoms with Crippen molar-refractivity contribution in [2.45, 2.75) is 26.7 Å². The van der Waals surface area contributed by atoms with Crippen LogP contribution in [0.5, 0.6) is 5.75 Å². The molecule has 6 heteroatoms. The van der Waals surface area contributed by atoms with Gasteiger partial charge in [0.05, 0.1) is 18.0 Å². The number of benzene rings is 1. The number of carboxylic acids is 1. The molecule has 0 saturated carbocycles. The Hall–Kier alpha value is -2.11. The molecule has 1 rings (SSSR count). The largest absolute Gasteiger partial charge is 0.490 e. The molecule has 0 fully saturated rings. The molecule has 6 nitrogen and oxygen atoms in total. The number of hydrogen-bond donors (Lipinski definition) is 1. The topological polar surface area (TPSA) is 89.7 Å². The second-order valence-corrected chi connectivity index (χ2v) is 5.13. The Morgan fingerprint density at radius 1 is 1.45 bits per heavy atom. The van der Waals surface area contributed by atoms with Crippen LogP contribution < -0.4 is 4.74 Å². The van der Waals surface area contributed by atoms with E-state index in [4.69, 9.17) is 4.74 Å². The van der Waals surface area contributed by atoms with Gasteiger partial charge in [-0.05, 0) is 30.4 Å². The van der Waals surface area contributed by atoms with Gasteiger partial charge in [0.1, 0.15) is 0 Å². The van der Waals surface area contributed by atoms with Crippen molar-refractivity contribution in [2.75, 3.05) is 7.11 Å². The number of carbonyl (C=O) groups is 1. The van der Waals surface area contributed by atoms with Crippen LogP contribution in [0.25, 0.3) is 0 Å². The zero-order valence-electron chi connectivity index (χ0n) is 11.8. The van der Waals surface area contributed by atoms with Crippen molar-refractivity contribution in [1.29, 1.82) is 0 Å². The second kappa shape index (κ2) is 6.88. The highest BCUT2D eigenvalue weighted by Crippen LogP contribution is 2.29. The molecule has 0 bridgehead atoms. The molecule has 0 heterocycles. The van der Waals surface area contributed by atoms with Gasteiger partial charge in [-0.3, -0.25) is 14.9 Å². The molecule has 110 valence electrons. The monoisotopic (exact) mass is 281 g/mol. The summed E-state index contributed by atoms with van der Waals surface area (Å²) in [6.45, 7) is 3.90. The Bertz CT molecular complexity index is 498. The number of rotatable bonds is 7. The van der Waals surface area contributed by atoms with Crippen LogP contribution in [0.2, 0.25) is 0 Å². The van der Waals surface area contributed by atoms with Gasteiger partial charge in [0.25, 0.3) is 0 Å². The van der Waals surface area contributed by atoms with Gasteiger partial charge in [0.15, 0.2) is 5.75 Å². The third-order valence-corrected chi connectivity index (χ3v) is 3.03. The summed E-state index contributed by atoms with van der Waals surface area (Å²) in [4.78, 5) is 21.6. The number of nitro groups is 1. The average Bonchev–Trinajstić information content (AvgIpc) is 2.37. The summed E-state index contributed by atoms with van der Waals surface area (Å²) in [6, 6.07) is 4.55. The maximum absolute atomic E-state index is 11.2. The van der Waals surface area contributed by atoms with Crippen molar-refractivity contribution >= 4 is 11.7 Å². The van der Waals surface area contributed by atoms with Crippen molar-refractivity contribution in [3.63, 3.8) is 0 Å². The summed E-state index contributed by atoms with van der Waals surface area (Å²) in [6.07, 6.45) is 0.813. The highest BCUT2D eigenvalue weighted by atomic mass is 16.6. The van der Waals surface area contributed by atoms with Crippen LogP contribution in [0, 0.1) is 22.0 Å². The minimum absolute atomic E-state index is 0.140. The van der Waals surface area contributed by atoms with Crippen molar-refractivity contribution in [3.05, 3.63) is 33.9 Å². The highest BCUT2D eigenvalue weighted by Gasteiger charge is 2.22. The molecule has 0 aliphatic heterocycles. The Labute approximate surface area is 117 Å². The van der Waals surface area contributed by atoms with Gasteiger partial charge in [-0.2, -0.15) is 0 Å². The van der Waals surface area contributed by atoms with E-state index in [1.807, 2.05) is 13.8 Å². The first-order valence-corrected chi connectivity index (χ1v) is 6.39. The summed E-state index contributed by atoms with van der Waals surface area (Å²) in [5.74, 6) is -0.987. The number of ether oxygens (including phenoxy) is 1. The van der Waals surface area contributed by atoms with Crippen LogP contribution in [-0.2, 0) is 11.2 Å². The maximum atomic E-state index is 11.2. The fourth-order valence-corrected chi connectivity index (χ4v) is 2.13. The van der Waals surface area contributed by atoms with Crippen molar-refractivity contribution < 1.29 is 19.6 Å². The fourth-order valence-electron chi connectivity index (χ4n) is 2.13. The molecule has 0 aliphatic rings. The number of hydrogen-bond acceptors (Lipinski definition) is 4. The lowest BCUT2D eigenvalue weighted by atomic mass is 9.91. The molecule has 1 N–H and O–H groups in total. The molecular formula is C14H19NO5. The van der Waals surface area contributed by atoms with Gasteiger partial charge in [-0.25, -0.2) is 0 Å². The Morgan fingerprint density at radius 2 is 2.10 bits per heavy atom. The summed E-state index contributed by atoms with van der Waals surface area (Å²) in [7, 11) is 1.36. The van der Waals surface area contributed by atoms with Crippen molar-refractivity contribution in [2.24, 2.45) is 11.8 Å². The maximum Gasteiger partial charge on any atom is 0.311 e. The quantitative estimate of drug-likeness (QED) is 0.613. The molecule has 0 saturated heterocycles. The van der Waals surface area contributed by atoms with E-state index in [1.54, 1.807) is 6.07 Å². The molecule has 1 atom stereocenters. The van der Waals surface area contributed by atoms with E-state index >= 15 is 0 Å². The van der Waals surface area contributed by atoms with E-state index in [0.29, 0.717) is 12.0 Å². The number of nitro benzene ring substituents is 1. The first-order valence-electron chi connectivity index (χ1n) is 6.39. The summed E-state index contributed by atoms with van der Waals surface area (Å²) in [5.41, 5.74) is 0.490. The molecule has 0 radical (unpaired) electrons. The predicted molar refractivity (Wildman–Crippen MR) is 73.9 cm³/mol. The third kappa shape index (κ3) is 4.22. The highest BCUT2D eigenvalue weighted by molar-refractivity contribution is 5.70. The predicted octanol–water partition coefficient (Wildman–Crippen LogP) is 2.89. The Kier molecular flexibility index (Phi) is 5.49. The molecule has 1 aromatic carbocycles. The first-order chi connectivity index (χ1) is 9.35. The molecule has 0 aromatic heterocycles. The first kappa shape index (κ1) is 15.9. The zero-order valence-corrected chi connectivity index (χ0v) is 11.8. The van der Waals surface area contributed by atoms with Crippen LogP contribution in [-0.4, -0.2) is 23.1 Å². The van der Waals surface area contributed by atoms with Crippen LogP contribution in [0.15, 0.2) is 18.2 Å². The summed E-state index contributed by atoms with van der Waals surface area (Å²) >= 11 is 0. The molecule has 0 aliphatic carbocycles. The molecule has 0 spiro atoms. The lowest BCUT2D eigenvalue weighted by Crippen LogP contribution is -2.18. The van der Waals surface area contributed by atoms with E-state index in [1.165, 1.54) is 19.2 Å². The van der Waals surface area contributed by atoms with Crippen LogP contribution in [0.3, 0.4) is 0 Å². The smallest absolute Gasteiger partial charge is 0.311 e. The van der Waals surface area contributed by atoms with Gasteiger partial charge < -0.3 is 9.84 Å². The lowest BCUT2D eigenvalue weighted by molar-refractivity contribution is -0.385. The number of aliphatic carboxylic acids is 1. The van der Waals surface area contributed by atoms with E-state index in [9.17, 15) is 20.0 Å². The van der Waals surface area contributed by atoms with E-state index in [2.05, 4.69) is 0 Å². The van der Waals surface area contributed by atoms with Gasteiger partial charge in [-0.15, -0.1) is 0 Å². The average molecular weight is 281 g/mol. The molecule has 0 amide bonds. The van der Waals surface area contributed by atoms with Gasteiger partial charge in [-0.1, -0.05) is 19.9 Å². The van der Waals surface area contributed by atoms with E-state index in [-0.39, 0.29) is 23.8 Å². The normalized spacial score (nSPS) is 12.2. The standard InChI is InChI=1S/C14H19NO5/c1-9(2)6-11(14(16)17)7-10-4-5-13(20-3)12(8-10)15(18)19/h4-5,8-9,11H,6-7H2,1-3H3,(H,16,17). The third-order valence-electron chi connectivity index (χ3n) is 3.03. The van der Waals surface area contributed by atoms with Crippen LogP contribution >= 0.6 is 0 Å². The number of nitrogens with zero attached hydrogens (tertiary/aromatic N) is 1. The Balaban J connectivity index is 2.99.